The highest BCUT2D eigenvalue weighted by Crippen LogP contribution is 2.32. The minimum Gasteiger partial charge on any atom is -0.444 e. The number of amides is 3. The largest absolute Gasteiger partial charge is 0.444 e. The summed E-state index contributed by atoms with van der Waals surface area (Å²) in [6.45, 7) is 7.25. The monoisotopic (exact) mass is 715 g/mol. The molecule has 260 valence electrons. The van der Waals surface area contributed by atoms with E-state index in [1.54, 1.807) is 23.1 Å². The Hall–Kier alpha value is -4.82. The second kappa shape index (κ2) is 15.8. The summed E-state index contributed by atoms with van der Waals surface area (Å²) >= 11 is 12.6. The number of carbonyl (C=O) groups is 3. The van der Waals surface area contributed by atoms with E-state index in [1.165, 1.54) is 4.90 Å². The van der Waals surface area contributed by atoms with Crippen LogP contribution >= 0.6 is 23.2 Å². The molecule has 3 N–H and O–H groups in total. The number of hydrogen-bond donors (Lipinski definition) is 2. The SMILES string of the molecule is CC(C)(C)OC(=O)N(Cc1ccc(Cl)cc1)Cc1ccc(C#Cc2cc(-c3nn(CCCO)c4c3CN(C(=O)C(N)=O)CC4)ccc2Cl)cc1. The zero-order chi connectivity index (χ0) is 36.0. The Morgan fingerprint density at radius 3 is 2.26 bits per heavy atom. The average Bonchev–Trinajstić information content (AvgIpc) is 3.44. The molecule has 0 fully saturated rings. The molecule has 0 atom stereocenters. The standard InChI is InChI=1S/C38H39Cl2N5O5/c1-38(2,3)50-37(49)44(23-27-10-14-30(39)15-11-27)22-26-7-5-25(6-8-26)9-12-28-21-29(13-16-32(28)40)34-31-24-43(36(48)35(41)47)19-17-33(31)45(42-34)18-4-20-46/h5-8,10-11,13-16,21,46H,4,17-20,22-24H2,1-3H3,(H2,41,47). The first-order valence-electron chi connectivity index (χ1n) is 16.2. The lowest BCUT2D eigenvalue weighted by Gasteiger charge is -2.27. The number of benzene rings is 3. The van der Waals surface area contributed by atoms with Gasteiger partial charge in [-0.05, 0) is 74.7 Å². The molecule has 1 aromatic heterocycles. The third-order valence-corrected chi connectivity index (χ3v) is 8.59. The number of aromatic nitrogens is 2. The molecule has 0 bridgehead atoms. The second-order valence-corrected chi connectivity index (χ2v) is 13.9. The lowest BCUT2D eigenvalue weighted by molar-refractivity contribution is -0.144. The van der Waals surface area contributed by atoms with Crippen molar-refractivity contribution in [3.8, 4) is 23.1 Å². The van der Waals surface area contributed by atoms with Crippen molar-refractivity contribution >= 4 is 41.1 Å². The van der Waals surface area contributed by atoms with E-state index >= 15 is 0 Å². The molecule has 1 aliphatic heterocycles. The van der Waals surface area contributed by atoms with Crippen LogP contribution in [-0.4, -0.2) is 61.3 Å². The van der Waals surface area contributed by atoms with Gasteiger partial charge in [-0.1, -0.05) is 65.4 Å². The Labute approximate surface area is 301 Å². The summed E-state index contributed by atoms with van der Waals surface area (Å²) in [4.78, 5) is 40.2. The van der Waals surface area contributed by atoms with Crippen LogP contribution in [-0.2, 0) is 46.9 Å². The Bertz CT molecular complexity index is 1940. The fourth-order valence-corrected chi connectivity index (χ4v) is 5.89. The van der Waals surface area contributed by atoms with Crippen LogP contribution in [0.25, 0.3) is 11.3 Å². The fraction of sp³-hybridized carbons (Fsp3) is 0.316. The smallest absolute Gasteiger partial charge is 0.410 e. The van der Waals surface area contributed by atoms with Gasteiger partial charge in [0.25, 0.3) is 0 Å². The molecule has 0 aliphatic carbocycles. The molecule has 3 aromatic carbocycles. The van der Waals surface area contributed by atoms with Gasteiger partial charge in [0.05, 0.1) is 17.3 Å². The predicted octanol–water partition coefficient (Wildman–Crippen LogP) is 5.95. The molecular formula is C38H39Cl2N5O5. The summed E-state index contributed by atoms with van der Waals surface area (Å²) in [5.41, 5.74) is 11.0. The molecule has 4 aromatic rings. The fourth-order valence-electron chi connectivity index (χ4n) is 5.60. The van der Waals surface area contributed by atoms with Crippen LogP contribution < -0.4 is 5.73 Å². The van der Waals surface area contributed by atoms with Crippen LogP contribution in [0.3, 0.4) is 0 Å². The minimum absolute atomic E-state index is 0.0172. The van der Waals surface area contributed by atoms with Crippen LogP contribution in [0, 0.1) is 11.8 Å². The van der Waals surface area contributed by atoms with Gasteiger partial charge in [0.15, 0.2) is 0 Å². The molecule has 50 heavy (non-hydrogen) atoms. The van der Waals surface area contributed by atoms with E-state index in [1.807, 2.05) is 74.0 Å². The van der Waals surface area contributed by atoms with Crippen molar-refractivity contribution < 1.29 is 24.2 Å². The summed E-state index contributed by atoms with van der Waals surface area (Å²) in [6.07, 6.45) is 0.604. The van der Waals surface area contributed by atoms with Crippen molar-refractivity contribution in [2.24, 2.45) is 5.73 Å². The summed E-state index contributed by atoms with van der Waals surface area (Å²) < 4.78 is 7.54. The Morgan fingerprint density at radius 2 is 1.64 bits per heavy atom. The van der Waals surface area contributed by atoms with Crippen molar-refractivity contribution in [1.82, 2.24) is 19.6 Å². The number of aliphatic hydroxyl groups excluding tert-OH is 1. The zero-order valence-electron chi connectivity index (χ0n) is 28.2. The Kier molecular flexibility index (Phi) is 11.5. The molecule has 3 amide bonds. The first kappa shape index (κ1) is 36.5. The number of carbonyl (C=O) groups excluding carboxylic acids is 3. The first-order chi connectivity index (χ1) is 23.8. The Balaban J connectivity index is 1.37. The van der Waals surface area contributed by atoms with Crippen LogP contribution in [0.4, 0.5) is 4.79 Å². The molecule has 2 heterocycles. The van der Waals surface area contributed by atoms with E-state index < -0.39 is 23.5 Å². The van der Waals surface area contributed by atoms with E-state index in [-0.39, 0.29) is 13.2 Å². The third kappa shape index (κ3) is 9.24. The minimum atomic E-state index is -1.00. The van der Waals surface area contributed by atoms with Gasteiger partial charge >= 0.3 is 17.9 Å². The molecule has 0 spiro atoms. The van der Waals surface area contributed by atoms with Crippen LogP contribution in [0.15, 0.2) is 66.7 Å². The van der Waals surface area contributed by atoms with Crippen molar-refractivity contribution in [3.05, 3.63) is 110 Å². The number of fused-ring (bicyclic) bond motifs is 1. The third-order valence-electron chi connectivity index (χ3n) is 8.01. The van der Waals surface area contributed by atoms with E-state index in [0.29, 0.717) is 60.3 Å². The van der Waals surface area contributed by atoms with E-state index in [2.05, 4.69) is 11.8 Å². The molecule has 10 nitrogen and oxygen atoms in total. The molecule has 0 radical (unpaired) electrons. The van der Waals surface area contributed by atoms with Gasteiger partial charge in [0.2, 0.25) is 0 Å². The van der Waals surface area contributed by atoms with Crippen molar-refractivity contribution in [3.63, 3.8) is 0 Å². The number of hydrogen-bond acceptors (Lipinski definition) is 6. The molecule has 0 unspecified atom stereocenters. The molecule has 1 aliphatic rings. The quantitative estimate of drug-likeness (QED) is 0.171. The second-order valence-electron chi connectivity index (χ2n) is 13.0. The molecule has 0 saturated carbocycles. The Morgan fingerprint density at radius 1 is 0.980 bits per heavy atom. The number of primary amides is 1. The van der Waals surface area contributed by atoms with Gasteiger partial charge in [0, 0.05) is 72.2 Å². The van der Waals surface area contributed by atoms with Gasteiger partial charge in [-0.25, -0.2) is 4.79 Å². The van der Waals surface area contributed by atoms with Gasteiger partial charge in [0.1, 0.15) is 5.60 Å². The average molecular weight is 717 g/mol. The number of aliphatic hydroxyl groups is 1. The number of rotatable bonds is 8. The van der Waals surface area contributed by atoms with Gasteiger partial charge in [-0.2, -0.15) is 5.10 Å². The van der Waals surface area contributed by atoms with Crippen LogP contribution in [0.5, 0.6) is 0 Å². The highest BCUT2D eigenvalue weighted by Gasteiger charge is 2.30. The highest BCUT2D eigenvalue weighted by molar-refractivity contribution is 6.34. The number of ether oxygens (including phenoxy) is 1. The lowest BCUT2D eigenvalue weighted by atomic mass is 9.99. The maximum absolute atomic E-state index is 13.1. The first-order valence-corrected chi connectivity index (χ1v) is 17.0. The van der Waals surface area contributed by atoms with Crippen LogP contribution in [0.1, 0.15) is 60.7 Å². The number of halogens is 2. The topological polar surface area (TPSA) is 131 Å². The summed E-state index contributed by atoms with van der Waals surface area (Å²) in [6, 6.07) is 20.4. The maximum atomic E-state index is 13.1. The lowest BCUT2D eigenvalue weighted by Crippen LogP contribution is -2.43. The van der Waals surface area contributed by atoms with Crippen molar-refractivity contribution in [2.45, 2.75) is 65.4 Å². The van der Waals surface area contributed by atoms with Gasteiger partial charge in [-0.3, -0.25) is 19.2 Å². The molecule has 5 rings (SSSR count). The van der Waals surface area contributed by atoms with Gasteiger partial charge < -0.3 is 20.5 Å². The van der Waals surface area contributed by atoms with Gasteiger partial charge in [-0.15, -0.1) is 0 Å². The van der Waals surface area contributed by atoms with E-state index in [0.717, 1.165) is 33.5 Å². The molecule has 0 saturated heterocycles. The highest BCUT2D eigenvalue weighted by atomic mass is 35.5. The van der Waals surface area contributed by atoms with E-state index in [4.69, 9.17) is 38.8 Å². The number of nitrogens with two attached hydrogens (primary N) is 1. The van der Waals surface area contributed by atoms with Crippen molar-refractivity contribution in [1.29, 1.82) is 0 Å². The molecule has 12 heteroatoms. The summed E-state index contributed by atoms with van der Waals surface area (Å²) in [5, 5.41) is 15.4. The van der Waals surface area contributed by atoms with Crippen LogP contribution in [0.2, 0.25) is 10.0 Å². The number of aryl methyl sites for hydroxylation is 1. The normalized spacial score (nSPS) is 12.5. The number of nitrogens with zero attached hydrogens (tertiary/aromatic N) is 4. The maximum Gasteiger partial charge on any atom is 0.410 e. The van der Waals surface area contributed by atoms with Crippen molar-refractivity contribution in [2.75, 3.05) is 13.2 Å². The summed E-state index contributed by atoms with van der Waals surface area (Å²) in [5.74, 6) is 4.61. The summed E-state index contributed by atoms with van der Waals surface area (Å²) in [7, 11) is 0. The molecular weight excluding hydrogens is 677 g/mol. The van der Waals surface area contributed by atoms with E-state index in [9.17, 15) is 19.5 Å². The zero-order valence-corrected chi connectivity index (χ0v) is 29.7. The predicted molar refractivity (Wildman–Crippen MR) is 192 cm³/mol.